The van der Waals surface area contributed by atoms with Gasteiger partial charge in [0.1, 0.15) is 0 Å². The molecule has 1 fully saturated rings. The highest BCUT2D eigenvalue weighted by Gasteiger charge is 2.22. The molecular formula is C15H29N3O3. The summed E-state index contributed by atoms with van der Waals surface area (Å²) in [5, 5.41) is 11.8. The van der Waals surface area contributed by atoms with E-state index in [2.05, 4.69) is 10.2 Å². The Morgan fingerprint density at radius 2 is 1.86 bits per heavy atom. The number of rotatable bonds is 7. The van der Waals surface area contributed by atoms with E-state index in [0.717, 1.165) is 19.6 Å². The van der Waals surface area contributed by atoms with Gasteiger partial charge in [-0.05, 0) is 46.7 Å². The minimum Gasteiger partial charge on any atom is -0.481 e. The van der Waals surface area contributed by atoms with Gasteiger partial charge >= 0.3 is 12.0 Å². The molecule has 0 saturated carbocycles. The zero-order chi connectivity index (χ0) is 15.8. The van der Waals surface area contributed by atoms with Crippen molar-refractivity contribution in [2.45, 2.75) is 58.5 Å². The van der Waals surface area contributed by atoms with E-state index >= 15 is 0 Å². The molecule has 1 saturated heterocycles. The van der Waals surface area contributed by atoms with Crippen molar-refractivity contribution in [2.24, 2.45) is 0 Å². The van der Waals surface area contributed by atoms with Gasteiger partial charge in [-0.25, -0.2) is 4.79 Å². The first-order valence-electron chi connectivity index (χ1n) is 7.95. The fraction of sp³-hybridized carbons (Fsp3) is 0.867. The maximum atomic E-state index is 12.3. The fourth-order valence-electron chi connectivity index (χ4n) is 2.89. The summed E-state index contributed by atoms with van der Waals surface area (Å²) in [5.41, 5.74) is 0. The second-order valence-corrected chi connectivity index (χ2v) is 5.94. The molecule has 2 N–H and O–H groups in total. The maximum Gasteiger partial charge on any atom is 0.317 e. The molecule has 0 aromatic carbocycles. The average Bonchev–Trinajstić information content (AvgIpc) is 2.39. The lowest BCUT2D eigenvalue weighted by molar-refractivity contribution is -0.138. The van der Waals surface area contributed by atoms with E-state index in [1.807, 2.05) is 13.8 Å². The van der Waals surface area contributed by atoms with Crippen molar-refractivity contribution >= 4 is 12.0 Å². The van der Waals surface area contributed by atoms with E-state index in [-0.39, 0.29) is 24.5 Å². The summed E-state index contributed by atoms with van der Waals surface area (Å²) in [4.78, 5) is 27.0. The number of nitrogens with zero attached hydrogens (tertiary/aromatic N) is 2. The molecule has 1 heterocycles. The molecule has 0 aromatic heterocycles. The van der Waals surface area contributed by atoms with Gasteiger partial charge in [-0.3, -0.25) is 4.79 Å². The molecule has 0 aliphatic carbocycles. The summed E-state index contributed by atoms with van der Waals surface area (Å²) in [6.07, 6.45) is 3.74. The molecule has 1 aliphatic rings. The number of carbonyl (C=O) groups is 2. The molecule has 1 aliphatic heterocycles. The molecule has 2 unspecified atom stereocenters. The number of likely N-dealkylation sites (tertiary alicyclic amines) is 1. The monoisotopic (exact) mass is 299 g/mol. The van der Waals surface area contributed by atoms with Gasteiger partial charge in [-0.1, -0.05) is 6.42 Å². The van der Waals surface area contributed by atoms with Crippen LogP contribution < -0.4 is 5.32 Å². The number of aliphatic carboxylic acids is 1. The van der Waals surface area contributed by atoms with Gasteiger partial charge in [0, 0.05) is 25.2 Å². The van der Waals surface area contributed by atoms with E-state index in [4.69, 9.17) is 5.11 Å². The summed E-state index contributed by atoms with van der Waals surface area (Å²) in [6, 6.07) is -0.396. The van der Waals surface area contributed by atoms with Crippen LogP contribution in [-0.4, -0.2) is 65.2 Å². The predicted octanol–water partition coefficient (Wildman–Crippen LogP) is 1.76. The van der Waals surface area contributed by atoms with Crippen LogP contribution in [0.25, 0.3) is 0 Å². The molecule has 2 amide bonds. The number of carboxylic acids is 1. The number of hydrogen-bond donors (Lipinski definition) is 2. The first-order valence-corrected chi connectivity index (χ1v) is 7.95. The van der Waals surface area contributed by atoms with Crippen molar-refractivity contribution in [2.75, 3.05) is 26.2 Å². The van der Waals surface area contributed by atoms with Crippen molar-refractivity contribution < 1.29 is 14.7 Å². The van der Waals surface area contributed by atoms with E-state index < -0.39 is 5.97 Å². The topological polar surface area (TPSA) is 72.9 Å². The molecule has 0 aromatic rings. The Kier molecular flexibility index (Phi) is 7.50. The van der Waals surface area contributed by atoms with Crippen molar-refractivity contribution in [1.82, 2.24) is 15.1 Å². The van der Waals surface area contributed by atoms with Crippen molar-refractivity contribution in [3.63, 3.8) is 0 Å². The van der Waals surface area contributed by atoms with Crippen LogP contribution in [0, 0.1) is 0 Å². The molecule has 6 nitrogen and oxygen atoms in total. The van der Waals surface area contributed by atoms with Gasteiger partial charge in [-0.15, -0.1) is 0 Å². The molecule has 2 atom stereocenters. The summed E-state index contributed by atoms with van der Waals surface area (Å²) in [6.45, 7) is 9.22. The Balaban J connectivity index is 2.42. The number of carboxylic acid groups (broad SMARTS) is 1. The number of urea groups is 1. The van der Waals surface area contributed by atoms with Crippen LogP contribution in [0.5, 0.6) is 0 Å². The van der Waals surface area contributed by atoms with Gasteiger partial charge in [0.2, 0.25) is 0 Å². The van der Waals surface area contributed by atoms with E-state index in [9.17, 15) is 9.59 Å². The number of amides is 2. The number of carbonyl (C=O) groups excluding carboxylic acids is 1. The Bertz CT molecular complexity index is 343. The van der Waals surface area contributed by atoms with E-state index in [1.165, 1.54) is 19.3 Å². The lowest BCUT2D eigenvalue weighted by Crippen LogP contribution is -2.51. The number of hydrogen-bond acceptors (Lipinski definition) is 3. The van der Waals surface area contributed by atoms with Crippen LogP contribution in [0.4, 0.5) is 4.79 Å². The summed E-state index contributed by atoms with van der Waals surface area (Å²) in [7, 11) is 0. The Morgan fingerprint density at radius 1 is 1.24 bits per heavy atom. The lowest BCUT2D eigenvalue weighted by Gasteiger charge is -2.32. The van der Waals surface area contributed by atoms with E-state index in [1.54, 1.807) is 11.8 Å². The van der Waals surface area contributed by atoms with Crippen molar-refractivity contribution in [3.8, 4) is 0 Å². The zero-order valence-electron chi connectivity index (χ0n) is 13.5. The SMILES string of the molecule is CCN(C(=O)NC(C)CN1CCCCC1)C(C)CC(=O)O. The summed E-state index contributed by atoms with van der Waals surface area (Å²) < 4.78 is 0. The summed E-state index contributed by atoms with van der Waals surface area (Å²) in [5.74, 6) is -0.880. The third-order valence-corrected chi connectivity index (χ3v) is 3.95. The van der Waals surface area contributed by atoms with Crippen LogP contribution in [0.1, 0.15) is 46.5 Å². The lowest BCUT2D eigenvalue weighted by atomic mass is 10.1. The minimum absolute atomic E-state index is 0.0260. The molecule has 6 heteroatoms. The minimum atomic E-state index is -0.880. The quantitative estimate of drug-likeness (QED) is 0.751. The Hall–Kier alpha value is -1.30. The number of nitrogens with one attached hydrogen (secondary N) is 1. The smallest absolute Gasteiger partial charge is 0.317 e. The second kappa shape index (κ2) is 8.87. The van der Waals surface area contributed by atoms with Gasteiger partial charge in [-0.2, -0.15) is 0 Å². The molecule has 0 radical (unpaired) electrons. The first-order chi connectivity index (χ1) is 9.93. The predicted molar refractivity (Wildman–Crippen MR) is 82.4 cm³/mol. The molecule has 122 valence electrons. The highest BCUT2D eigenvalue weighted by atomic mass is 16.4. The van der Waals surface area contributed by atoms with Crippen molar-refractivity contribution in [3.05, 3.63) is 0 Å². The Morgan fingerprint density at radius 3 is 2.38 bits per heavy atom. The number of piperidine rings is 1. The highest BCUT2D eigenvalue weighted by Crippen LogP contribution is 2.09. The third kappa shape index (κ3) is 6.33. The average molecular weight is 299 g/mol. The van der Waals surface area contributed by atoms with Crippen LogP contribution in [0.15, 0.2) is 0 Å². The van der Waals surface area contributed by atoms with Gasteiger partial charge in [0.15, 0.2) is 0 Å². The molecule has 0 spiro atoms. The molecule has 21 heavy (non-hydrogen) atoms. The van der Waals surface area contributed by atoms with Crippen LogP contribution >= 0.6 is 0 Å². The zero-order valence-corrected chi connectivity index (χ0v) is 13.5. The highest BCUT2D eigenvalue weighted by molar-refractivity contribution is 5.76. The van der Waals surface area contributed by atoms with E-state index in [0.29, 0.717) is 6.54 Å². The van der Waals surface area contributed by atoms with Crippen LogP contribution in [0.2, 0.25) is 0 Å². The largest absolute Gasteiger partial charge is 0.481 e. The summed E-state index contributed by atoms with van der Waals surface area (Å²) >= 11 is 0. The van der Waals surface area contributed by atoms with Gasteiger partial charge < -0.3 is 20.2 Å². The standard InChI is InChI=1S/C15H29N3O3/c1-4-18(13(3)10-14(19)20)15(21)16-12(2)11-17-8-6-5-7-9-17/h12-13H,4-11H2,1-3H3,(H,16,21)(H,19,20). The second-order valence-electron chi connectivity index (χ2n) is 5.94. The van der Waals surface area contributed by atoms with Gasteiger partial charge in [0.25, 0.3) is 0 Å². The van der Waals surface area contributed by atoms with Crippen molar-refractivity contribution in [1.29, 1.82) is 0 Å². The molecule has 0 bridgehead atoms. The Labute approximate surface area is 127 Å². The molecular weight excluding hydrogens is 270 g/mol. The maximum absolute atomic E-state index is 12.3. The third-order valence-electron chi connectivity index (χ3n) is 3.95. The van der Waals surface area contributed by atoms with Crippen LogP contribution in [-0.2, 0) is 4.79 Å². The first kappa shape index (κ1) is 17.8. The van der Waals surface area contributed by atoms with Gasteiger partial charge in [0.05, 0.1) is 6.42 Å². The normalized spacial score (nSPS) is 18.8. The fourth-order valence-corrected chi connectivity index (χ4v) is 2.89. The van der Waals surface area contributed by atoms with Crippen LogP contribution in [0.3, 0.4) is 0 Å². The molecule has 1 rings (SSSR count).